The SMILES string of the molecule is COC(=O)C[C@@H](C)OC1(C)CC1. The summed E-state index contributed by atoms with van der Waals surface area (Å²) in [6.07, 6.45) is 2.55. The minimum Gasteiger partial charge on any atom is -0.469 e. The summed E-state index contributed by atoms with van der Waals surface area (Å²) < 4.78 is 10.2. The summed E-state index contributed by atoms with van der Waals surface area (Å²) in [6.45, 7) is 3.97. The smallest absolute Gasteiger partial charge is 0.308 e. The van der Waals surface area contributed by atoms with E-state index in [1.807, 2.05) is 6.92 Å². The lowest BCUT2D eigenvalue weighted by Gasteiger charge is -2.16. The number of ether oxygens (including phenoxy) is 2. The molecule has 0 unspecified atom stereocenters. The van der Waals surface area contributed by atoms with E-state index in [0.717, 1.165) is 12.8 Å². The molecular weight excluding hydrogens is 156 g/mol. The molecule has 1 aliphatic carbocycles. The van der Waals surface area contributed by atoms with E-state index in [-0.39, 0.29) is 17.7 Å². The lowest BCUT2D eigenvalue weighted by Crippen LogP contribution is -2.21. The van der Waals surface area contributed by atoms with Crippen LogP contribution in [0.25, 0.3) is 0 Å². The fraction of sp³-hybridized carbons (Fsp3) is 0.889. The standard InChI is InChI=1S/C9H16O3/c1-7(6-8(10)11-3)12-9(2)4-5-9/h7H,4-6H2,1-3H3/t7-/m1/s1. The second-order valence-electron chi connectivity index (χ2n) is 3.66. The maximum atomic E-state index is 10.8. The average Bonchev–Trinajstić information content (AvgIpc) is 2.67. The lowest BCUT2D eigenvalue weighted by molar-refractivity contribution is -0.144. The van der Waals surface area contributed by atoms with E-state index in [0.29, 0.717) is 6.42 Å². The molecule has 0 radical (unpaired) electrons. The van der Waals surface area contributed by atoms with Gasteiger partial charge in [0.2, 0.25) is 0 Å². The topological polar surface area (TPSA) is 35.5 Å². The molecule has 3 nitrogen and oxygen atoms in total. The zero-order valence-electron chi connectivity index (χ0n) is 7.92. The zero-order chi connectivity index (χ0) is 9.19. The Morgan fingerprint density at radius 2 is 2.17 bits per heavy atom. The molecule has 1 saturated carbocycles. The van der Waals surface area contributed by atoms with Crippen molar-refractivity contribution < 1.29 is 14.3 Å². The van der Waals surface area contributed by atoms with Gasteiger partial charge in [-0.05, 0) is 26.7 Å². The van der Waals surface area contributed by atoms with E-state index < -0.39 is 0 Å². The van der Waals surface area contributed by atoms with Crippen molar-refractivity contribution in [1.29, 1.82) is 0 Å². The number of methoxy groups -OCH3 is 1. The first-order valence-corrected chi connectivity index (χ1v) is 4.30. The average molecular weight is 172 g/mol. The van der Waals surface area contributed by atoms with Crippen LogP contribution in [-0.4, -0.2) is 24.8 Å². The molecule has 0 aromatic rings. The van der Waals surface area contributed by atoms with Crippen LogP contribution in [0.3, 0.4) is 0 Å². The molecule has 1 rings (SSSR count). The van der Waals surface area contributed by atoms with Gasteiger partial charge in [0, 0.05) is 0 Å². The minimum absolute atomic E-state index is 0.0232. The van der Waals surface area contributed by atoms with Crippen LogP contribution in [0, 0.1) is 0 Å². The molecule has 0 N–H and O–H groups in total. The summed E-state index contributed by atoms with van der Waals surface area (Å²) in [7, 11) is 1.40. The van der Waals surface area contributed by atoms with Crippen LogP contribution in [0.1, 0.15) is 33.1 Å². The maximum Gasteiger partial charge on any atom is 0.308 e. The highest BCUT2D eigenvalue weighted by Gasteiger charge is 2.40. The number of esters is 1. The molecule has 1 fully saturated rings. The van der Waals surface area contributed by atoms with Crippen LogP contribution in [0.15, 0.2) is 0 Å². The van der Waals surface area contributed by atoms with E-state index in [1.54, 1.807) is 0 Å². The number of carbonyl (C=O) groups is 1. The first kappa shape index (κ1) is 9.52. The largest absolute Gasteiger partial charge is 0.469 e. The number of hydrogen-bond donors (Lipinski definition) is 0. The van der Waals surface area contributed by atoms with Gasteiger partial charge in [0.1, 0.15) is 0 Å². The number of rotatable bonds is 4. The third kappa shape index (κ3) is 2.81. The van der Waals surface area contributed by atoms with E-state index in [9.17, 15) is 4.79 Å². The van der Waals surface area contributed by atoms with Crippen molar-refractivity contribution >= 4 is 5.97 Å². The van der Waals surface area contributed by atoms with Crippen LogP contribution < -0.4 is 0 Å². The van der Waals surface area contributed by atoms with Crippen molar-refractivity contribution in [2.24, 2.45) is 0 Å². The van der Waals surface area contributed by atoms with E-state index >= 15 is 0 Å². The normalized spacial score (nSPS) is 21.6. The molecule has 0 aromatic heterocycles. The van der Waals surface area contributed by atoms with Gasteiger partial charge >= 0.3 is 5.97 Å². The summed E-state index contributed by atoms with van der Waals surface area (Å²) in [5.41, 5.74) is 0.0490. The summed E-state index contributed by atoms with van der Waals surface area (Å²) in [5, 5.41) is 0. The highest BCUT2D eigenvalue weighted by Crippen LogP contribution is 2.39. The summed E-state index contributed by atoms with van der Waals surface area (Å²) >= 11 is 0. The van der Waals surface area contributed by atoms with Crippen LogP contribution in [0.5, 0.6) is 0 Å². The molecule has 0 heterocycles. The van der Waals surface area contributed by atoms with Crippen molar-refractivity contribution in [3.63, 3.8) is 0 Å². The van der Waals surface area contributed by atoms with Crippen molar-refractivity contribution in [3.8, 4) is 0 Å². The Balaban J connectivity index is 2.19. The summed E-state index contributed by atoms with van der Waals surface area (Å²) in [4.78, 5) is 10.8. The fourth-order valence-corrected chi connectivity index (χ4v) is 1.14. The Morgan fingerprint density at radius 3 is 2.58 bits per heavy atom. The number of carbonyl (C=O) groups excluding carboxylic acids is 1. The molecule has 1 atom stereocenters. The van der Waals surface area contributed by atoms with E-state index in [2.05, 4.69) is 11.7 Å². The van der Waals surface area contributed by atoms with Gasteiger partial charge in [-0.25, -0.2) is 0 Å². The van der Waals surface area contributed by atoms with Gasteiger partial charge in [-0.2, -0.15) is 0 Å². The first-order valence-electron chi connectivity index (χ1n) is 4.30. The third-order valence-corrected chi connectivity index (χ3v) is 2.12. The highest BCUT2D eigenvalue weighted by molar-refractivity contribution is 5.69. The molecule has 0 amide bonds. The molecule has 12 heavy (non-hydrogen) atoms. The molecule has 1 aliphatic rings. The Morgan fingerprint density at radius 1 is 1.58 bits per heavy atom. The zero-order valence-corrected chi connectivity index (χ0v) is 7.92. The second kappa shape index (κ2) is 3.44. The fourth-order valence-electron chi connectivity index (χ4n) is 1.14. The maximum absolute atomic E-state index is 10.8. The Kier molecular flexibility index (Phi) is 2.73. The van der Waals surface area contributed by atoms with E-state index in [4.69, 9.17) is 4.74 Å². The van der Waals surface area contributed by atoms with Crippen LogP contribution in [0.4, 0.5) is 0 Å². The monoisotopic (exact) mass is 172 g/mol. The van der Waals surface area contributed by atoms with Gasteiger partial charge in [-0.15, -0.1) is 0 Å². The number of hydrogen-bond acceptors (Lipinski definition) is 3. The van der Waals surface area contributed by atoms with Gasteiger partial charge in [0.05, 0.1) is 25.2 Å². The third-order valence-electron chi connectivity index (χ3n) is 2.12. The molecule has 3 heteroatoms. The van der Waals surface area contributed by atoms with Crippen molar-refractivity contribution in [1.82, 2.24) is 0 Å². The van der Waals surface area contributed by atoms with E-state index in [1.165, 1.54) is 7.11 Å². The van der Waals surface area contributed by atoms with Gasteiger partial charge in [-0.1, -0.05) is 0 Å². The molecule has 0 saturated heterocycles. The van der Waals surface area contributed by atoms with Crippen LogP contribution in [0.2, 0.25) is 0 Å². The molecule has 0 bridgehead atoms. The predicted molar refractivity (Wildman–Crippen MR) is 44.8 cm³/mol. The van der Waals surface area contributed by atoms with Crippen LogP contribution >= 0.6 is 0 Å². The molecule has 70 valence electrons. The lowest BCUT2D eigenvalue weighted by atomic mass is 10.2. The van der Waals surface area contributed by atoms with Crippen LogP contribution in [-0.2, 0) is 14.3 Å². The Bertz CT molecular complexity index is 173. The van der Waals surface area contributed by atoms with Gasteiger partial charge in [0.25, 0.3) is 0 Å². The second-order valence-corrected chi connectivity index (χ2v) is 3.66. The molecule has 0 spiro atoms. The molecular formula is C9H16O3. The summed E-state index contributed by atoms with van der Waals surface area (Å²) in [6, 6.07) is 0. The van der Waals surface area contributed by atoms with Gasteiger partial charge in [-0.3, -0.25) is 4.79 Å². The predicted octanol–water partition coefficient (Wildman–Crippen LogP) is 1.51. The highest BCUT2D eigenvalue weighted by atomic mass is 16.5. The summed E-state index contributed by atoms with van der Waals surface area (Å²) in [5.74, 6) is -0.202. The first-order chi connectivity index (χ1) is 5.56. The molecule has 0 aliphatic heterocycles. The van der Waals surface area contributed by atoms with Crippen molar-refractivity contribution in [2.45, 2.75) is 44.8 Å². The minimum atomic E-state index is -0.202. The van der Waals surface area contributed by atoms with Gasteiger partial charge < -0.3 is 9.47 Å². The van der Waals surface area contributed by atoms with Crippen molar-refractivity contribution in [2.75, 3.05) is 7.11 Å². The Hall–Kier alpha value is -0.570. The van der Waals surface area contributed by atoms with Crippen molar-refractivity contribution in [3.05, 3.63) is 0 Å². The molecule has 0 aromatic carbocycles. The van der Waals surface area contributed by atoms with Gasteiger partial charge in [0.15, 0.2) is 0 Å². The Labute approximate surface area is 73.0 Å². The quantitative estimate of drug-likeness (QED) is 0.603.